The van der Waals surface area contributed by atoms with Gasteiger partial charge in [0.05, 0.1) is 6.04 Å². The van der Waals surface area contributed by atoms with E-state index in [1.165, 1.54) is 6.08 Å². The van der Waals surface area contributed by atoms with Crippen molar-refractivity contribution >= 4 is 18.1 Å². The van der Waals surface area contributed by atoms with E-state index in [-0.39, 0.29) is 12.5 Å². The molecule has 2 amide bonds. The van der Waals surface area contributed by atoms with Crippen LogP contribution in [0.5, 0.6) is 0 Å². The highest BCUT2D eigenvalue weighted by molar-refractivity contribution is 6.38. The summed E-state index contributed by atoms with van der Waals surface area (Å²) < 4.78 is 0. The van der Waals surface area contributed by atoms with Gasteiger partial charge in [0.25, 0.3) is 5.91 Å². The molecule has 0 saturated carbocycles. The number of rotatable bonds is 9. The van der Waals surface area contributed by atoms with Crippen molar-refractivity contribution in [1.82, 2.24) is 10.6 Å². The minimum atomic E-state index is -0.743. The Morgan fingerprint density at radius 3 is 2.53 bits per heavy atom. The van der Waals surface area contributed by atoms with Crippen molar-refractivity contribution in [3.63, 3.8) is 0 Å². The van der Waals surface area contributed by atoms with Gasteiger partial charge in [-0.05, 0) is 12.3 Å². The molecule has 0 aromatic heterocycles. The van der Waals surface area contributed by atoms with E-state index in [2.05, 4.69) is 17.2 Å². The van der Waals surface area contributed by atoms with Gasteiger partial charge >= 0.3 is 0 Å². The van der Waals surface area contributed by atoms with E-state index in [0.29, 0.717) is 12.8 Å². The summed E-state index contributed by atoms with van der Waals surface area (Å²) in [4.78, 5) is 33.6. The maximum Gasteiger partial charge on any atom is 0.289 e. The Labute approximate surface area is 102 Å². The van der Waals surface area contributed by atoms with Gasteiger partial charge in [-0.2, -0.15) is 0 Å². The third-order valence-corrected chi connectivity index (χ3v) is 2.55. The van der Waals surface area contributed by atoms with Crippen LogP contribution < -0.4 is 10.6 Å². The molecule has 0 aliphatic carbocycles. The van der Waals surface area contributed by atoms with Crippen LogP contribution in [0.2, 0.25) is 0 Å². The van der Waals surface area contributed by atoms with Crippen molar-refractivity contribution < 1.29 is 14.4 Å². The molecule has 0 aliphatic heterocycles. The molecule has 0 aromatic rings. The molecule has 0 radical (unpaired) electrons. The zero-order valence-electron chi connectivity index (χ0n) is 10.4. The van der Waals surface area contributed by atoms with Crippen molar-refractivity contribution in [2.75, 3.05) is 6.54 Å². The Bertz CT molecular complexity index is 289. The van der Waals surface area contributed by atoms with Crippen LogP contribution in [0.25, 0.3) is 0 Å². The molecular formula is C12H20N2O3. The van der Waals surface area contributed by atoms with Crippen LogP contribution in [0.1, 0.15) is 26.7 Å². The predicted octanol–water partition coefficient (Wildman–Crippen LogP) is 0.408. The number of hydrogen-bond donors (Lipinski definition) is 2. The third kappa shape index (κ3) is 5.85. The van der Waals surface area contributed by atoms with E-state index in [4.69, 9.17) is 0 Å². The van der Waals surface area contributed by atoms with Gasteiger partial charge in [0.15, 0.2) is 0 Å². The summed E-state index contributed by atoms with van der Waals surface area (Å²) in [5, 5.41) is 4.79. The van der Waals surface area contributed by atoms with Gasteiger partial charge in [-0.15, -0.1) is 6.58 Å². The molecule has 0 bridgehead atoms. The molecule has 2 atom stereocenters. The van der Waals surface area contributed by atoms with E-state index in [1.807, 2.05) is 13.8 Å². The highest BCUT2D eigenvalue weighted by atomic mass is 16.2. The van der Waals surface area contributed by atoms with Crippen LogP contribution in [0.4, 0.5) is 0 Å². The lowest BCUT2D eigenvalue weighted by Crippen LogP contribution is -2.45. The van der Waals surface area contributed by atoms with E-state index < -0.39 is 17.7 Å². The average Bonchev–Trinajstić information content (AvgIpc) is 2.34. The minimum absolute atomic E-state index is 0.238. The standard InChI is InChI=1S/C12H20N2O3/c1-4-6-13-12(17)11(16)10(14-8-15)7-9(3)5-2/h4,8-10H,1,5-7H2,2-3H3,(H,13,17)(H,14,15). The predicted molar refractivity (Wildman–Crippen MR) is 65.3 cm³/mol. The number of carbonyl (C=O) groups is 3. The summed E-state index contributed by atoms with van der Waals surface area (Å²) in [6.45, 7) is 7.63. The molecule has 0 aliphatic rings. The number of Topliss-reactive ketones (excluding diaryl/α,β-unsaturated/α-hetero) is 1. The van der Waals surface area contributed by atoms with Crippen LogP contribution in [-0.2, 0) is 14.4 Å². The highest BCUT2D eigenvalue weighted by Crippen LogP contribution is 2.10. The van der Waals surface area contributed by atoms with Crippen molar-refractivity contribution in [3.05, 3.63) is 12.7 Å². The summed E-state index contributed by atoms with van der Waals surface area (Å²) in [6, 6.07) is -0.743. The van der Waals surface area contributed by atoms with Gasteiger partial charge < -0.3 is 10.6 Å². The third-order valence-electron chi connectivity index (χ3n) is 2.55. The summed E-state index contributed by atoms with van der Waals surface area (Å²) >= 11 is 0. The number of ketones is 1. The van der Waals surface area contributed by atoms with E-state index in [0.717, 1.165) is 6.42 Å². The lowest BCUT2D eigenvalue weighted by molar-refractivity contribution is -0.139. The number of hydrogen-bond acceptors (Lipinski definition) is 3. The molecular weight excluding hydrogens is 220 g/mol. The van der Waals surface area contributed by atoms with E-state index in [9.17, 15) is 14.4 Å². The first-order valence-electron chi connectivity index (χ1n) is 5.69. The van der Waals surface area contributed by atoms with Crippen molar-refractivity contribution in [2.45, 2.75) is 32.7 Å². The maximum atomic E-state index is 11.7. The molecule has 0 fully saturated rings. The minimum Gasteiger partial charge on any atom is -0.348 e. The van der Waals surface area contributed by atoms with E-state index in [1.54, 1.807) is 0 Å². The fraction of sp³-hybridized carbons (Fsp3) is 0.583. The number of nitrogens with one attached hydrogen (secondary N) is 2. The first kappa shape index (κ1) is 15.3. The van der Waals surface area contributed by atoms with Gasteiger partial charge in [0.1, 0.15) is 0 Å². The molecule has 0 saturated heterocycles. The largest absolute Gasteiger partial charge is 0.348 e. The second kappa shape index (κ2) is 8.50. The van der Waals surface area contributed by atoms with Crippen molar-refractivity contribution in [3.8, 4) is 0 Å². The van der Waals surface area contributed by atoms with E-state index >= 15 is 0 Å². The Morgan fingerprint density at radius 1 is 1.41 bits per heavy atom. The molecule has 0 heterocycles. The topological polar surface area (TPSA) is 75.3 Å². The molecule has 5 heteroatoms. The Kier molecular flexibility index (Phi) is 7.67. The van der Waals surface area contributed by atoms with Crippen LogP contribution >= 0.6 is 0 Å². The van der Waals surface area contributed by atoms with Crippen LogP contribution in [0.15, 0.2) is 12.7 Å². The normalized spacial score (nSPS) is 13.3. The highest BCUT2D eigenvalue weighted by Gasteiger charge is 2.25. The molecule has 0 rings (SSSR count). The Morgan fingerprint density at radius 2 is 2.06 bits per heavy atom. The summed E-state index contributed by atoms with van der Waals surface area (Å²) in [5.74, 6) is -1.03. The fourth-order valence-corrected chi connectivity index (χ4v) is 1.31. The molecule has 2 N–H and O–H groups in total. The van der Waals surface area contributed by atoms with Crippen LogP contribution in [0, 0.1) is 5.92 Å². The summed E-state index contributed by atoms with van der Waals surface area (Å²) in [6.07, 6.45) is 3.29. The smallest absolute Gasteiger partial charge is 0.289 e. The van der Waals surface area contributed by atoms with Gasteiger partial charge in [0.2, 0.25) is 12.2 Å². The monoisotopic (exact) mass is 240 g/mol. The van der Waals surface area contributed by atoms with Crippen molar-refractivity contribution in [1.29, 1.82) is 0 Å². The lowest BCUT2D eigenvalue weighted by Gasteiger charge is -2.17. The zero-order chi connectivity index (χ0) is 13.3. The first-order valence-corrected chi connectivity index (χ1v) is 5.69. The van der Waals surface area contributed by atoms with Gasteiger partial charge in [0, 0.05) is 6.54 Å². The van der Waals surface area contributed by atoms with Crippen LogP contribution in [-0.4, -0.2) is 30.7 Å². The van der Waals surface area contributed by atoms with Gasteiger partial charge in [-0.1, -0.05) is 26.3 Å². The maximum absolute atomic E-state index is 11.7. The quantitative estimate of drug-likeness (QED) is 0.348. The van der Waals surface area contributed by atoms with Gasteiger partial charge in [-0.3, -0.25) is 14.4 Å². The molecule has 17 heavy (non-hydrogen) atoms. The summed E-state index contributed by atoms with van der Waals surface area (Å²) in [5.41, 5.74) is 0. The first-order chi connectivity index (χ1) is 8.06. The van der Waals surface area contributed by atoms with Crippen LogP contribution in [0.3, 0.4) is 0 Å². The lowest BCUT2D eigenvalue weighted by atomic mass is 9.96. The zero-order valence-corrected chi connectivity index (χ0v) is 10.4. The SMILES string of the molecule is C=CCNC(=O)C(=O)C(CC(C)CC)NC=O. The second-order valence-electron chi connectivity index (χ2n) is 3.95. The van der Waals surface area contributed by atoms with Gasteiger partial charge in [-0.25, -0.2) is 0 Å². The average molecular weight is 240 g/mol. The second-order valence-corrected chi connectivity index (χ2v) is 3.95. The number of amides is 2. The molecule has 2 unspecified atom stereocenters. The molecule has 5 nitrogen and oxygen atoms in total. The summed E-state index contributed by atoms with van der Waals surface area (Å²) in [7, 11) is 0. The molecule has 0 aromatic carbocycles. The molecule has 96 valence electrons. The van der Waals surface area contributed by atoms with Crippen molar-refractivity contribution in [2.24, 2.45) is 5.92 Å². The fourth-order valence-electron chi connectivity index (χ4n) is 1.31. The Hall–Kier alpha value is -1.65. The molecule has 0 spiro atoms. The number of carbonyl (C=O) groups excluding carboxylic acids is 3. The Balaban J connectivity index is 4.46.